The maximum atomic E-state index is 10.0. The number of methoxy groups -OCH3 is 1. The summed E-state index contributed by atoms with van der Waals surface area (Å²) in [6.45, 7) is 4.35. The Labute approximate surface area is 210 Å². The molecule has 1 aliphatic rings. The van der Waals surface area contributed by atoms with Gasteiger partial charge in [0.25, 0.3) is 0 Å². The first-order valence-corrected chi connectivity index (χ1v) is 11.6. The normalized spacial score (nSPS) is 14.6. The lowest BCUT2D eigenvalue weighted by atomic mass is 9.84. The molecule has 0 saturated heterocycles. The predicted octanol–water partition coefficient (Wildman–Crippen LogP) is 5.29. The summed E-state index contributed by atoms with van der Waals surface area (Å²) in [7, 11) is 1.60. The molecule has 0 amide bonds. The van der Waals surface area contributed by atoms with Gasteiger partial charge < -0.3 is 19.9 Å². The number of fused-ring (bicyclic) bond motifs is 1. The number of ether oxygens (including phenoxy) is 3. The van der Waals surface area contributed by atoms with Gasteiger partial charge in [-0.05, 0) is 49.2 Å². The predicted molar refractivity (Wildman–Crippen MR) is 136 cm³/mol. The first-order valence-electron chi connectivity index (χ1n) is 11.6. The zero-order valence-electron chi connectivity index (χ0n) is 20.4. The van der Waals surface area contributed by atoms with Crippen LogP contribution >= 0.6 is 0 Å². The number of hydrogen-bond acceptors (Lipinski definition) is 6. The molecule has 0 aliphatic carbocycles. The molecule has 2 heterocycles. The maximum absolute atomic E-state index is 10.0. The molecule has 0 unspecified atom stereocenters. The van der Waals surface area contributed by atoms with Crippen LogP contribution in [0.25, 0.3) is 5.69 Å². The average Bonchev–Trinajstić information content (AvgIpc) is 3.23. The van der Waals surface area contributed by atoms with Crippen LogP contribution in [0.4, 0.5) is 0 Å². The Morgan fingerprint density at radius 3 is 2.47 bits per heavy atom. The second-order valence-electron chi connectivity index (χ2n) is 8.66. The molecule has 7 heteroatoms. The lowest BCUT2D eigenvalue weighted by Crippen LogP contribution is -2.22. The highest BCUT2D eigenvalue weighted by molar-refractivity contribution is 5.59. The van der Waals surface area contributed by atoms with Gasteiger partial charge >= 0.3 is 0 Å². The average molecular weight is 479 g/mol. The van der Waals surface area contributed by atoms with E-state index in [9.17, 15) is 5.26 Å². The quantitative estimate of drug-likeness (QED) is 0.404. The zero-order chi connectivity index (χ0) is 25.2. The summed E-state index contributed by atoms with van der Waals surface area (Å²) in [5, 5.41) is 14.7. The van der Waals surface area contributed by atoms with Gasteiger partial charge in [-0.3, -0.25) is 0 Å². The number of rotatable bonds is 6. The van der Waals surface area contributed by atoms with E-state index in [1.807, 2.05) is 86.6 Å². The highest BCUT2D eigenvalue weighted by Gasteiger charge is 2.36. The second-order valence-corrected chi connectivity index (χ2v) is 8.66. The van der Waals surface area contributed by atoms with Crippen LogP contribution in [-0.4, -0.2) is 16.9 Å². The van der Waals surface area contributed by atoms with Crippen LogP contribution in [0.5, 0.6) is 17.4 Å². The molecule has 180 valence electrons. The van der Waals surface area contributed by atoms with E-state index in [0.717, 1.165) is 33.6 Å². The third kappa shape index (κ3) is 4.14. The van der Waals surface area contributed by atoms with Crippen LogP contribution in [0.3, 0.4) is 0 Å². The molecule has 2 N–H and O–H groups in total. The molecule has 1 aromatic heterocycles. The fourth-order valence-electron chi connectivity index (χ4n) is 4.43. The van der Waals surface area contributed by atoms with Gasteiger partial charge in [0.1, 0.15) is 18.2 Å². The van der Waals surface area contributed by atoms with Gasteiger partial charge in [0.2, 0.25) is 11.8 Å². The number of hydrogen-bond donors (Lipinski definition) is 1. The summed E-state index contributed by atoms with van der Waals surface area (Å²) < 4.78 is 19.4. The fourth-order valence-corrected chi connectivity index (χ4v) is 4.43. The molecule has 0 saturated carbocycles. The number of aryl methyl sites for hydroxylation is 2. The van der Waals surface area contributed by atoms with E-state index >= 15 is 0 Å². The third-order valence-corrected chi connectivity index (χ3v) is 6.27. The van der Waals surface area contributed by atoms with Crippen molar-refractivity contribution in [2.45, 2.75) is 26.4 Å². The molecule has 3 aromatic carbocycles. The summed E-state index contributed by atoms with van der Waals surface area (Å²) in [5.41, 5.74) is 12.0. The molecule has 1 atom stereocenters. The smallest absolute Gasteiger partial charge is 0.229 e. The third-order valence-electron chi connectivity index (χ3n) is 6.27. The molecule has 0 radical (unpaired) electrons. The Bertz CT molecular complexity index is 1480. The number of nitriles is 1. The van der Waals surface area contributed by atoms with Crippen LogP contribution in [-0.2, 0) is 6.61 Å². The number of benzene rings is 3. The number of nitrogens with zero attached hydrogens (tertiary/aromatic N) is 3. The molecule has 36 heavy (non-hydrogen) atoms. The van der Waals surface area contributed by atoms with Crippen molar-refractivity contribution in [3.05, 3.63) is 112 Å². The topological polar surface area (TPSA) is 95.3 Å². The zero-order valence-corrected chi connectivity index (χ0v) is 20.4. The van der Waals surface area contributed by atoms with E-state index in [1.165, 1.54) is 0 Å². The standard InChI is InChI=1S/C29H26N4O3/c1-18-9-12-22(13-10-18)33-29-26(19(2)32-33)27(23(16-30)28(31)36-29)21-11-14-24(25(15-21)34-3)35-17-20-7-5-4-6-8-20/h4-15,27H,17,31H2,1-3H3/t27-/m1/s1. The van der Waals surface area contributed by atoms with Gasteiger partial charge in [0, 0.05) is 0 Å². The van der Waals surface area contributed by atoms with Crippen molar-refractivity contribution in [2.24, 2.45) is 5.73 Å². The maximum Gasteiger partial charge on any atom is 0.229 e. The van der Waals surface area contributed by atoms with Gasteiger partial charge in [0.05, 0.1) is 30.0 Å². The van der Waals surface area contributed by atoms with Gasteiger partial charge in [0.15, 0.2) is 11.5 Å². The number of allylic oxidation sites excluding steroid dienone is 1. The molecule has 1 aliphatic heterocycles. The first kappa shape index (κ1) is 23.1. The van der Waals surface area contributed by atoms with E-state index < -0.39 is 5.92 Å². The van der Waals surface area contributed by atoms with E-state index in [4.69, 9.17) is 25.0 Å². The van der Waals surface area contributed by atoms with Crippen molar-refractivity contribution >= 4 is 0 Å². The van der Waals surface area contributed by atoms with Crippen molar-refractivity contribution < 1.29 is 14.2 Å². The summed E-state index contributed by atoms with van der Waals surface area (Å²) in [6.07, 6.45) is 0. The molecular weight excluding hydrogens is 452 g/mol. The first-order chi connectivity index (χ1) is 17.5. The van der Waals surface area contributed by atoms with Gasteiger partial charge in [-0.1, -0.05) is 54.1 Å². The van der Waals surface area contributed by atoms with E-state index in [2.05, 4.69) is 6.07 Å². The minimum atomic E-state index is -0.463. The highest BCUT2D eigenvalue weighted by Crippen LogP contribution is 2.46. The van der Waals surface area contributed by atoms with Crippen molar-refractivity contribution in [3.8, 4) is 29.1 Å². The Morgan fingerprint density at radius 2 is 1.78 bits per heavy atom. The molecule has 5 rings (SSSR count). The molecule has 0 fully saturated rings. The molecule has 7 nitrogen and oxygen atoms in total. The van der Waals surface area contributed by atoms with Crippen molar-refractivity contribution in [2.75, 3.05) is 7.11 Å². The largest absolute Gasteiger partial charge is 0.493 e. The Balaban J connectivity index is 1.56. The van der Waals surface area contributed by atoms with Gasteiger partial charge in [-0.25, -0.2) is 4.68 Å². The lowest BCUT2D eigenvalue weighted by molar-refractivity contribution is 0.284. The second kappa shape index (κ2) is 9.51. The lowest BCUT2D eigenvalue weighted by Gasteiger charge is -2.25. The van der Waals surface area contributed by atoms with E-state index in [1.54, 1.807) is 11.8 Å². The number of aromatic nitrogens is 2. The summed E-state index contributed by atoms with van der Waals surface area (Å²) in [6, 6.07) is 25.8. The monoisotopic (exact) mass is 478 g/mol. The van der Waals surface area contributed by atoms with Crippen LogP contribution in [0.15, 0.2) is 84.3 Å². The summed E-state index contributed by atoms with van der Waals surface area (Å²) >= 11 is 0. The van der Waals surface area contributed by atoms with E-state index in [0.29, 0.717) is 29.6 Å². The van der Waals surface area contributed by atoms with Gasteiger partial charge in [-0.15, -0.1) is 0 Å². The Hall–Kier alpha value is -4.70. The Morgan fingerprint density at radius 1 is 1.03 bits per heavy atom. The molecule has 0 spiro atoms. The number of nitrogens with two attached hydrogens (primary N) is 1. The highest BCUT2D eigenvalue weighted by atomic mass is 16.5. The minimum Gasteiger partial charge on any atom is -0.493 e. The van der Waals surface area contributed by atoms with Crippen molar-refractivity contribution in [3.63, 3.8) is 0 Å². The summed E-state index contributed by atoms with van der Waals surface area (Å²) in [5.74, 6) is 1.28. The van der Waals surface area contributed by atoms with Crippen LogP contribution in [0, 0.1) is 25.2 Å². The van der Waals surface area contributed by atoms with Crippen LogP contribution in [0.1, 0.15) is 33.9 Å². The fraction of sp³-hybridized carbons (Fsp3) is 0.172. The van der Waals surface area contributed by atoms with Crippen LogP contribution < -0.4 is 19.9 Å². The molecule has 0 bridgehead atoms. The van der Waals surface area contributed by atoms with Gasteiger partial charge in [-0.2, -0.15) is 10.4 Å². The van der Waals surface area contributed by atoms with Crippen LogP contribution in [0.2, 0.25) is 0 Å². The minimum absolute atomic E-state index is 0.0617. The molecule has 4 aromatic rings. The summed E-state index contributed by atoms with van der Waals surface area (Å²) in [4.78, 5) is 0. The molecular formula is C29H26N4O3. The van der Waals surface area contributed by atoms with E-state index in [-0.39, 0.29) is 5.88 Å². The SMILES string of the molecule is COc1cc([C@@H]2C(C#N)=C(N)Oc3c2c(C)nn3-c2ccc(C)cc2)ccc1OCc1ccccc1. The van der Waals surface area contributed by atoms with Crippen molar-refractivity contribution in [1.82, 2.24) is 9.78 Å². The Kier molecular flexibility index (Phi) is 6.09. The van der Waals surface area contributed by atoms with Crippen molar-refractivity contribution in [1.29, 1.82) is 5.26 Å².